The van der Waals surface area contributed by atoms with Crippen molar-refractivity contribution in [3.8, 4) is 16.1 Å². The van der Waals surface area contributed by atoms with Crippen molar-refractivity contribution in [2.75, 3.05) is 0 Å². The van der Waals surface area contributed by atoms with Gasteiger partial charge in [0.2, 0.25) is 5.65 Å². The molecule has 8 heteroatoms. The molecule has 0 N–H and O–H groups in total. The molecule has 5 nitrogen and oxygen atoms in total. The summed E-state index contributed by atoms with van der Waals surface area (Å²) in [6.07, 6.45) is 3.56. The van der Waals surface area contributed by atoms with Gasteiger partial charge in [0.05, 0.1) is 5.69 Å². The van der Waals surface area contributed by atoms with E-state index in [1.54, 1.807) is 38.3 Å². The number of halogens is 1. The van der Waals surface area contributed by atoms with Crippen LogP contribution in [0.2, 0.25) is 5.02 Å². The van der Waals surface area contributed by atoms with Crippen molar-refractivity contribution in [2.45, 2.75) is 17.8 Å². The molecule has 0 saturated carbocycles. The summed E-state index contributed by atoms with van der Waals surface area (Å²) in [6, 6.07) is 18.0. The van der Waals surface area contributed by atoms with Crippen LogP contribution in [0.5, 0.6) is 0 Å². The largest absolute Gasteiger partial charge is 0.300 e. The molecule has 0 spiro atoms. The third-order valence-electron chi connectivity index (χ3n) is 5.10. The standard InChI is InChI=1S/C23H17ClN4OS2/c1-15-18(24)8-4-9-19(15)27-11-12-28-21(22(27)29)25-26-23(28)31-14-16-6-2-3-7-17(16)20-10-5-13-30-20/h2-13H,14H2,1H3. The molecule has 0 saturated heterocycles. The molecule has 0 radical (unpaired) electrons. The van der Waals surface area contributed by atoms with Crippen LogP contribution in [-0.2, 0) is 5.75 Å². The van der Waals surface area contributed by atoms with E-state index in [2.05, 4.69) is 45.9 Å². The zero-order valence-corrected chi connectivity index (χ0v) is 18.9. The molecule has 154 valence electrons. The molecule has 0 fully saturated rings. The fourth-order valence-corrected chi connectivity index (χ4v) is 5.35. The van der Waals surface area contributed by atoms with Crippen LogP contribution in [0.15, 0.2) is 82.3 Å². The first kappa shape index (κ1) is 20.1. The molecule has 3 aromatic heterocycles. The smallest absolute Gasteiger partial charge is 0.279 e. The molecule has 3 heterocycles. The molecule has 0 unspecified atom stereocenters. The summed E-state index contributed by atoms with van der Waals surface area (Å²) in [5.74, 6) is 0.728. The average molecular weight is 465 g/mol. The van der Waals surface area contributed by atoms with Crippen molar-refractivity contribution in [1.82, 2.24) is 19.2 Å². The molecule has 0 amide bonds. The van der Waals surface area contributed by atoms with Gasteiger partial charge in [-0.2, -0.15) is 0 Å². The van der Waals surface area contributed by atoms with Crippen molar-refractivity contribution in [3.63, 3.8) is 0 Å². The maximum atomic E-state index is 13.1. The monoisotopic (exact) mass is 464 g/mol. The van der Waals surface area contributed by atoms with E-state index in [0.29, 0.717) is 10.2 Å². The van der Waals surface area contributed by atoms with Gasteiger partial charge in [0.15, 0.2) is 5.16 Å². The lowest BCUT2D eigenvalue weighted by Crippen LogP contribution is -2.21. The second-order valence-electron chi connectivity index (χ2n) is 6.96. The Balaban J connectivity index is 1.48. The van der Waals surface area contributed by atoms with E-state index >= 15 is 0 Å². The highest BCUT2D eigenvalue weighted by Crippen LogP contribution is 2.32. The normalized spacial score (nSPS) is 11.3. The van der Waals surface area contributed by atoms with Gasteiger partial charge in [0, 0.05) is 28.0 Å². The minimum Gasteiger partial charge on any atom is -0.279 e. The Bertz CT molecular complexity index is 1440. The van der Waals surface area contributed by atoms with Crippen molar-refractivity contribution < 1.29 is 0 Å². The summed E-state index contributed by atoms with van der Waals surface area (Å²) < 4.78 is 3.31. The topological polar surface area (TPSA) is 52.2 Å². The first-order valence-corrected chi connectivity index (χ1v) is 11.8. The van der Waals surface area contributed by atoms with Crippen LogP contribution in [0, 0.1) is 6.92 Å². The molecule has 0 atom stereocenters. The van der Waals surface area contributed by atoms with Crippen molar-refractivity contribution in [3.05, 3.63) is 98.9 Å². The zero-order valence-electron chi connectivity index (χ0n) is 16.5. The summed E-state index contributed by atoms with van der Waals surface area (Å²) >= 11 is 9.52. The van der Waals surface area contributed by atoms with E-state index in [0.717, 1.165) is 17.0 Å². The summed E-state index contributed by atoms with van der Waals surface area (Å²) in [6.45, 7) is 1.89. The van der Waals surface area contributed by atoms with Gasteiger partial charge in [0.1, 0.15) is 0 Å². The SMILES string of the molecule is Cc1c(Cl)cccc1-n1ccn2c(SCc3ccccc3-c3cccs3)nnc2c1=O. The Kier molecular flexibility index (Phi) is 5.40. The molecule has 31 heavy (non-hydrogen) atoms. The van der Waals surface area contributed by atoms with Crippen LogP contribution < -0.4 is 5.56 Å². The number of nitrogens with zero attached hydrogens (tertiary/aromatic N) is 4. The van der Waals surface area contributed by atoms with E-state index in [1.807, 2.05) is 37.4 Å². The van der Waals surface area contributed by atoms with E-state index in [4.69, 9.17) is 11.6 Å². The Labute approximate surface area is 192 Å². The predicted octanol–water partition coefficient (Wildman–Crippen LogP) is 5.86. The molecule has 0 bridgehead atoms. The number of aromatic nitrogens is 4. The third kappa shape index (κ3) is 3.69. The number of rotatable bonds is 5. The maximum absolute atomic E-state index is 13.1. The molecule has 0 aliphatic heterocycles. The molecule has 2 aromatic carbocycles. The van der Waals surface area contributed by atoms with Gasteiger partial charge in [-0.1, -0.05) is 59.8 Å². The van der Waals surface area contributed by atoms with Gasteiger partial charge >= 0.3 is 5.56 Å². The lowest BCUT2D eigenvalue weighted by molar-refractivity contribution is 0.890. The lowest BCUT2D eigenvalue weighted by atomic mass is 10.1. The van der Waals surface area contributed by atoms with Crippen molar-refractivity contribution in [2.24, 2.45) is 0 Å². The highest BCUT2D eigenvalue weighted by molar-refractivity contribution is 7.98. The average Bonchev–Trinajstić information content (AvgIpc) is 3.46. The number of thiophene rings is 1. The quantitative estimate of drug-likeness (QED) is 0.305. The molecule has 0 aliphatic carbocycles. The van der Waals surface area contributed by atoms with E-state index in [1.165, 1.54) is 16.0 Å². The molecule has 0 aliphatic rings. The number of hydrogen-bond donors (Lipinski definition) is 0. The van der Waals surface area contributed by atoms with Gasteiger partial charge in [-0.05, 0) is 47.2 Å². The minimum absolute atomic E-state index is 0.230. The molecular weight excluding hydrogens is 448 g/mol. The third-order valence-corrected chi connectivity index (χ3v) is 7.40. The Morgan fingerprint density at radius 2 is 1.90 bits per heavy atom. The second kappa shape index (κ2) is 8.34. The Hall–Kier alpha value is -2.87. The summed E-state index contributed by atoms with van der Waals surface area (Å²) in [4.78, 5) is 14.3. The van der Waals surface area contributed by atoms with Crippen LogP contribution in [0.1, 0.15) is 11.1 Å². The highest BCUT2D eigenvalue weighted by atomic mass is 35.5. The van der Waals surface area contributed by atoms with Crippen molar-refractivity contribution >= 4 is 40.3 Å². The number of hydrogen-bond acceptors (Lipinski definition) is 5. The van der Waals surface area contributed by atoms with Crippen LogP contribution >= 0.6 is 34.7 Å². The first-order chi connectivity index (χ1) is 15.1. The maximum Gasteiger partial charge on any atom is 0.300 e. The van der Waals surface area contributed by atoms with Gasteiger partial charge in [-0.25, -0.2) is 0 Å². The number of fused-ring (bicyclic) bond motifs is 1. The minimum atomic E-state index is -0.230. The van der Waals surface area contributed by atoms with Crippen LogP contribution in [0.3, 0.4) is 0 Å². The molecular formula is C23H17ClN4OS2. The summed E-state index contributed by atoms with van der Waals surface area (Å²) in [5, 5.41) is 11.8. The van der Waals surface area contributed by atoms with Gasteiger partial charge in [-0.15, -0.1) is 21.5 Å². The van der Waals surface area contributed by atoms with E-state index in [9.17, 15) is 4.79 Å². The number of thioether (sulfide) groups is 1. The molecule has 5 rings (SSSR count). The predicted molar refractivity (Wildman–Crippen MR) is 128 cm³/mol. The summed E-state index contributed by atoms with van der Waals surface area (Å²) in [7, 11) is 0. The van der Waals surface area contributed by atoms with Crippen molar-refractivity contribution in [1.29, 1.82) is 0 Å². The molecule has 5 aromatic rings. The first-order valence-electron chi connectivity index (χ1n) is 9.60. The fourth-order valence-electron chi connectivity index (χ4n) is 3.47. The number of benzene rings is 2. The van der Waals surface area contributed by atoms with E-state index in [-0.39, 0.29) is 11.2 Å². The highest BCUT2D eigenvalue weighted by Gasteiger charge is 2.15. The van der Waals surface area contributed by atoms with Crippen LogP contribution in [-0.4, -0.2) is 19.2 Å². The van der Waals surface area contributed by atoms with Gasteiger partial charge < -0.3 is 0 Å². The Morgan fingerprint density at radius 3 is 2.74 bits per heavy atom. The Morgan fingerprint density at radius 1 is 1.03 bits per heavy atom. The van der Waals surface area contributed by atoms with Crippen LogP contribution in [0.4, 0.5) is 0 Å². The lowest BCUT2D eigenvalue weighted by Gasteiger charge is -2.10. The van der Waals surface area contributed by atoms with Gasteiger partial charge in [0.25, 0.3) is 0 Å². The van der Waals surface area contributed by atoms with E-state index < -0.39 is 0 Å². The van der Waals surface area contributed by atoms with Crippen LogP contribution in [0.25, 0.3) is 21.8 Å². The summed E-state index contributed by atoms with van der Waals surface area (Å²) in [5.41, 5.74) is 4.08. The zero-order chi connectivity index (χ0) is 21.4. The second-order valence-corrected chi connectivity index (χ2v) is 9.25. The van der Waals surface area contributed by atoms with Gasteiger partial charge in [-0.3, -0.25) is 13.8 Å². The fraction of sp³-hybridized carbons (Fsp3) is 0.0870.